The zero-order valence-corrected chi connectivity index (χ0v) is 21.1. The first-order valence-corrected chi connectivity index (χ1v) is 11.6. The summed E-state index contributed by atoms with van der Waals surface area (Å²) in [5, 5.41) is 22.0. The van der Waals surface area contributed by atoms with Crippen LogP contribution >= 0.6 is 0 Å². The second kappa shape index (κ2) is 11.6. The topological polar surface area (TPSA) is 74.6 Å². The third kappa shape index (κ3) is 6.34. The summed E-state index contributed by atoms with van der Waals surface area (Å²) in [6.07, 6.45) is 9.25. The first kappa shape index (κ1) is 26.8. The maximum atomic E-state index is 13.9. The van der Waals surface area contributed by atoms with Crippen LogP contribution in [0.5, 0.6) is 0 Å². The van der Waals surface area contributed by atoms with E-state index < -0.39 is 17.0 Å². The van der Waals surface area contributed by atoms with Crippen LogP contribution in [0.1, 0.15) is 66.4 Å². The summed E-state index contributed by atoms with van der Waals surface area (Å²) in [4.78, 5) is 27.7. The molecule has 0 heterocycles. The van der Waals surface area contributed by atoms with Gasteiger partial charge in [0.2, 0.25) is 0 Å². The highest BCUT2D eigenvalue weighted by Gasteiger charge is 2.52. The fraction of sp³-hybridized carbons (Fsp3) is 0.333. The summed E-state index contributed by atoms with van der Waals surface area (Å²) in [7, 11) is 0. The van der Waals surface area contributed by atoms with Gasteiger partial charge in [0.25, 0.3) is 0 Å². The molecule has 4 nitrogen and oxygen atoms in total. The van der Waals surface area contributed by atoms with Gasteiger partial charge in [-0.05, 0) is 72.4 Å². The summed E-state index contributed by atoms with van der Waals surface area (Å²) in [6, 6.07) is 9.35. The van der Waals surface area contributed by atoms with E-state index in [0.29, 0.717) is 0 Å². The Morgan fingerprint density at radius 1 is 0.824 bits per heavy atom. The molecule has 1 aromatic rings. The second-order valence-corrected chi connectivity index (χ2v) is 9.53. The molecule has 4 heteroatoms. The van der Waals surface area contributed by atoms with E-state index in [1.807, 2.05) is 90.1 Å². The predicted octanol–water partition coefficient (Wildman–Crippen LogP) is 7.53. The lowest BCUT2D eigenvalue weighted by Crippen LogP contribution is -2.45. The van der Waals surface area contributed by atoms with Gasteiger partial charge in [0.15, 0.2) is 11.6 Å². The Hall–Kier alpha value is -3.40. The molecule has 180 valence electrons. The molecule has 0 aromatic heterocycles. The smallest absolute Gasteiger partial charge is 0.184 e. The number of aliphatic hydroxyl groups excluding tert-OH is 2. The van der Waals surface area contributed by atoms with Crippen LogP contribution in [0.15, 0.2) is 94.0 Å². The largest absolute Gasteiger partial charge is 0.507 e. The van der Waals surface area contributed by atoms with Crippen LogP contribution in [0.3, 0.4) is 0 Å². The average molecular weight is 461 g/mol. The molecule has 0 saturated carbocycles. The highest BCUT2D eigenvalue weighted by Crippen LogP contribution is 2.44. The number of hydrogen-bond acceptors (Lipinski definition) is 4. The number of benzene rings is 1. The molecule has 1 aromatic carbocycles. The molecule has 0 spiro atoms. The van der Waals surface area contributed by atoms with Crippen molar-refractivity contribution in [2.75, 3.05) is 0 Å². The maximum absolute atomic E-state index is 13.9. The van der Waals surface area contributed by atoms with Gasteiger partial charge in [-0.25, -0.2) is 0 Å². The molecular weight excluding hydrogens is 424 g/mol. The molecule has 0 saturated heterocycles. The summed E-state index contributed by atoms with van der Waals surface area (Å²) in [5.74, 6) is -1.73. The molecule has 1 aliphatic rings. The van der Waals surface area contributed by atoms with Crippen LogP contribution in [0.25, 0.3) is 6.08 Å². The zero-order valence-electron chi connectivity index (χ0n) is 21.1. The third-order valence-corrected chi connectivity index (χ3v) is 5.81. The van der Waals surface area contributed by atoms with Gasteiger partial charge >= 0.3 is 0 Å². The van der Waals surface area contributed by atoms with Crippen molar-refractivity contribution < 1.29 is 19.8 Å². The van der Waals surface area contributed by atoms with Crippen molar-refractivity contribution in [1.29, 1.82) is 0 Å². The third-order valence-electron chi connectivity index (χ3n) is 5.81. The minimum Gasteiger partial charge on any atom is -0.507 e. The molecule has 2 rings (SSSR count). The molecule has 0 atom stereocenters. The molecule has 34 heavy (non-hydrogen) atoms. The van der Waals surface area contributed by atoms with Crippen LogP contribution < -0.4 is 0 Å². The molecule has 2 N–H and O–H groups in total. The van der Waals surface area contributed by atoms with E-state index in [1.165, 1.54) is 6.08 Å². The minimum absolute atomic E-state index is 0.153. The molecule has 0 amide bonds. The number of carbonyl (C=O) groups excluding carboxylic acids is 2. The number of aliphatic hydroxyl groups is 2. The van der Waals surface area contributed by atoms with Gasteiger partial charge in [-0.1, -0.05) is 71.4 Å². The number of carbonyl (C=O) groups is 2. The van der Waals surface area contributed by atoms with Crippen molar-refractivity contribution in [3.8, 4) is 0 Å². The second-order valence-electron chi connectivity index (χ2n) is 9.53. The van der Waals surface area contributed by atoms with E-state index in [2.05, 4.69) is 0 Å². The summed E-state index contributed by atoms with van der Waals surface area (Å²) in [6.45, 7) is 11.5. The van der Waals surface area contributed by atoms with Gasteiger partial charge in [-0.2, -0.15) is 0 Å². The maximum Gasteiger partial charge on any atom is 0.184 e. The fourth-order valence-electron chi connectivity index (χ4n) is 3.76. The first-order chi connectivity index (χ1) is 16.0. The average Bonchev–Trinajstić information content (AvgIpc) is 2.77. The molecule has 0 radical (unpaired) electrons. The Bertz CT molecular complexity index is 1090. The van der Waals surface area contributed by atoms with Gasteiger partial charge in [-0.3, -0.25) is 9.59 Å². The molecule has 1 aliphatic carbocycles. The summed E-state index contributed by atoms with van der Waals surface area (Å²) < 4.78 is 0. The number of Topliss-reactive ketones (excluding diaryl/α,β-unsaturated/α-hetero) is 2. The van der Waals surface area contributed by atoms with E-state index in [0.717, 1.165) is 22.3 Å². The fourth-order valence-corrected chi connectivity index (χ4v) is 3.76. The molecule has 0 aliphatic heterocycles. The van der Waals surface area contributed by atoms with E-state index in [-0.39, 0.29) is 42.0 Å². The Kier molecular flexibility index (Phi) is 9.19. The van der Waals surface area contributed by atoms with Crippen molar-refractivity contribution in [1.82, 2.24) is 0 Å². The van der Waals surface area contributed by atoms with Gasteiger partial charge in [-0.15, -0.1) is 0 Å². The van der Waals surface area contributed by atoms with Crippen molar-refractivity contribution in [3.05, 3.63) is 99.6 Å². The van der Waals surface area contributed by atoms with Crippen molar-refractivity contribution in [2.24, 2.45) is 5.41 Å². The van der Waals surface area contributed by atoms with Gasteiger partial charge in [0, 0.05) is 5.57 Å². The standard InChI is InChI=1S/C30H36O4/c1-20(2)12-14-24-27(32)26(25(31)15-13-23-10-8-7-9-11-23)29(34)30(28(24)33,18-16-21(3)4)19-17-22(5)6/h7-13,15-17,31-32H,14,18-19H2,1-6H3/b15-13+,26-25+. The summed E-state index contributed by atoms with van der Waals surface area (Å²) >= 11 is 0. The number of rotatable bonds is 8. The lowest BCUT2D eigenvalue weighted by molar-refractivity contribution is -0.137. The predicted molar refractivity (Wildman–Crippen MR) is 139 cm³/mol. The summed E-state index contributed by atoms with van der Waals surface area (Å²) in [5.41, 5.74) is 2.33. The van der Waals surface area contributed by atoms with Gasteiger partial charge in [0.1, 0.15) is 22.5 Å². The SMILES string of the molecule is CC(C)=CCC1=C(O)/C(=C(O)/C=C/c2ccccc2)C(=O)C(CC=C(C)C)(CC=C(C)C)C1=O. The van der Waals surface area contributed by atoms with Crippen LogP contribution in [0.4, 0.5) is 0 Å². The lowest BCUT2D eigenvalue weighted by atomic mass is 9.64. The molecule has 0 fully saturated rings. The lowest BCUT2D eigenvalue weighted by Gasteiger charge is -2.35. The van der Waals surface area contributed by atoms with Crippen LogP contribution in [-0.2, 0) is 9.59 Å². The zero-order chi connectivity index (χ0) is 25.5. The number of ketones is 2. The van der Waals surface area contributed by atoms with Crippen LogP contribution in [-0.4, -0.2) is 21.8 Å². The van der Waals surface area contributed by atoms with Crippen molar-refractivity contribution >= 4 is 17.6 Å². The number of allylic oxidation sites excluding steroid dienone is 9. The Labute approximate surface area is 203 Å². The van der Waals surface area contributed by atoms with Crippen LogP contribution in [0.2, 0.25) is 0 Å². The highest BCUT2D eigenvalue weighted by atomic mass is 16.3. The first-order valence-electron chi connectivity index (χ1n) is 11.6. The van der Waals surface area contributed by atoms with E-state index in [9.17, 15) is 19.8 Å². The number of hydrogen-bond donors (Lipinski definition) is 2. The quantitative estimate of drug-likeness (QED) is 0.182. The van der Waals surface area contributed by atoms with E-state index in [1.54, 1.807) is 6.08 Å². The van der Waals surface area contributed by atoms with Crippen molar-refractivity contribution in [3.63, 3.8) is 0 Å². The molecule has 0 unspecified atom stereocenters. The van der Waals surface area contributed by atoms with Crippen LogP contribution in [0, 0.1) is 5.41 Å². The Balaban J connectivity index is 2.78. The monoisotopic (exact) mass is 460 g/mol. The Morgan fingerprint density at radius 2 is 1.35 bits per heavy atom. The van der Waals surface area contributed by atoms with E-state index >= 15 is 0 Å². The highest BCUT2D eigenvalue weighted by molar-refractivity contribution is 6.25. The Morgan fingerprint density at radius 3 is 1.85 bits per heavy atom. The molecule has 0 bridgehead atoms. The van der Waals surface area contributed by atoms with Crippen molar-refractivity contribution in [2.45, 2.75) is 60.8 Å². The van der Waals surface area contributed by atoms with Gasteiger partial charge in [0.05, 0.1) is 0 Å². The molecular formula is C30H36O4. The van der Waals surface area contributed by atoms with Gasteiger partial charge < -0.3 is 10.2 Å². The minimum atomic E-state index is -1.42. The normalized spacial score (nSPS) is 17.0. The van der Waals surface area contributed by atoms with E-state index in [4.69, 9.17) is 0 Å².